The topological polar surface area (TPSA) is 52.6 Å². The number of hydrogen-bond acceptors (Lipinski definition) is 4. The second-order valence-electron chi connectivity index (χ2n) is 4.69. The van der Waals surface area contributed by atoms with Gasteiger partial charge in [0.2, 0.25) is 0 Å². The number of halogens is 1. The molecule has 0 aliphatic heterocycles. The monoisotopic (exact) mass is 390 g/mol. The lowest BCUT2D eigenvalue weighted by molar-refractivity contribution is -0.0736. The number of ether oxygens (including phenoxy) is 2. The molecule has 0 aliphatic carbocycles. The van der Waals surface area contributed by atoms with Gasteiger partial charge in [-0.15, -0.1) is 0 Å². The summed E-state index contributed by atoms with van der Waals surface area (Å²) in [6.07, 6.45) is 4.09. The van der Waals surface area contributed by atoms with Crippen LogP contribution in [-0.2, 0) is 19.3 Å². The van der Waals surface area contributed by atoms with Gasteiger partial charge in [0.05, 0.1) is 11.0 Å². The van der Waals surface area contributed by atoms with Crippen molar-refractivity contribution in [1.29, 1.82) is 0 Å². The van der Waals surface area contributed by atoms with Gasteiger partial charge in [-0.2, -0.15) is 0 Å². The molecule has 1 atom stereocenters. The molecule has 0 aromatic heterocycles. The summed E-state index contributed by atoms with van der Waals surface area (Å²) in [4.78, 5) is 0.287. The Morgan fingerprint density at radius 1 is 1.23 bits per heavy atom. The maximum Gasteiger partial charge on any atom is 0.199 e. The first-order chi connectivity index (χ1) is 10.6. The molecule has 1 unspecified atom stereocenters. The van der Waals surface area contributed by atoms with Crippen molar-refractivity contribution in [1.82, 2.24) is 0 Å². The van der Waals surface area contributed by atoms with Crippen LogP contribution in [0.2, 0.25) is 0 Å². The summed E-state index contributed by atoms with van der Waals surface area (Å²) in [5, 5.41) is 2.16. The minimum atomic E-state index is -3.43. The van der Waals surface area contributed by atoms with E-state index in [1.54, 1.807) is 36.4 Å². The lowest BCUT2D eigenvalue weighted by atomic mass is 10.1. The van der Waals surface area contributed by atoms with Crippen LogP contribution in [0.3, 0.4) is 0 Å². The van der Waals surface area contributed by atoms with Crippen molar-refractivity contribution in [3.63, 3.8) is 0 Å². The molecule has 0 fully saturated rings. The Labute approximate surface area is 141 Å². The molecule has 0 saturated heterocycles. The zero-order valence-electron chi connectivity index (χ0n) is 12.8. The van der Waals surface area contributed by atoms with Gasteiger partial charge in [0.15, 0.2) is 9.84 Å². The maximum absolute atomic E-state index is 12.2. The predicted molar refractivity (Wildman–Crippen MR) is 91.8 cm³/mol. The van der Waals surface area contributed by atoms with E-state index in [9.17, 15) is 8.42 Å². The highest BCUT2D eigenvalue weighted by Crippen LogP contribution is 2.14. The Hall–Kier alpha value is -0.690. The van der Waals surface area contributed by atoms with E-state index < -0.39 is 9.84 Å². The van der Waals surface area contributed by atoms with Crippen LogP contribution < -0.4 is 0 Å². The summed E-state index contributed by atoms with van der Waals surface area (Å²) in [6, 6.07) is 8.37. The highest BCUT2D eigenvalue weighted by molar-refractivity contribution is 9.09. The third kappa shape index (κ3) is 7.54. The summed E-state index contributed by atoms with van der Waals surface area (Å²) >= 11 is 3.39. The Morgan fingerprint density at radius 2 is 1.95 bits per heavy atom. The van der Waals surface area contributed by atoms with Crippen molar-refractivity contribution in [2.45, 2.75) is 37.2 Å². The van der Waals surface area contributed by atoms with Crippen LogP contribution in [-0.4, -0.2) is 33.3 Å². The fraction of sp³-hybridized carbons (Fsp3) is 0.500. The van der Waals surface area contributed by atoms with Crippen LogP contribution in [0.4, 0.5) is 0 Å². The Bertz CT molecular complexity index is 518. The van der Waals surface area contributed by atoms with Gasteiger partial charge >= 0.3 is 0 Å². The minimum Gasteiger partial charge on any atom is -0.356 e. The van der Waals surface area contributed by atoms with Crippen molar-refractivity contribution in [2.24, 2.45) is 0 Å². The van der Waals surface area contributed by atoms with Crippen LogP contribution in [0.15, 0.2) is 46.7 Å². The molecule has 0 spiro atoms. The Morgan fingerprint density at radius 3 is 2.59 bits per heavy atom. The van der Waals surface area contributed by atoms with Crippen molar-refractivity contribution < 1.29 is 17.9 Å². The van der Waals surface area contributed by atoms with Crippen LogP contribution >= 0.6 is 15.9 Å². The standard InChI is InChI=1S/C16H23BrO4S/c1-2-20-14-21-15(8-6-7-12-17)11-13-22(18,19)16-9-4-3-5-10-16/h3-5,9-11,13,15H,2,6-8,12,14H2,1H3/b13-11+. The van der Waals surface area contributed by atoms with E-state index in [1.807, 2.05) is 6.92 Å². The van der Waals surface area contributed by atoms with Crippen LogP contribution in [0.1, 0.15) is 26.2 Å². The fourth-order valence-electron chi connectivity index (χ4n) is 1.77. The molecular weight excluding hydrogens is 368 g/mol. The molecule has 0 N–H and O–H groups in total. The van der Waals surface area contributed by atoms with E-state index in [-0.39, 0.29) is 17.8 Å². The van der Waals surface area contributed by atoms with Crippen molar-refractivity contribution in [3.8, 4) is 0 Å². The molecule has 0 amide bonds. The number of rotatable bonds is 11. The molecule has 1 rings (SSSR count). The Kier molecular flexibility index (Phi) is 9.63. The first kappa shape index (κ1) is 19.4. The van der Waals surface area contributed by atoms with E-state index in [0.717, 1.165) is 24.6 Å². The quantitative estimate of drug-likeness (QED) is 0.326. The average Bonchev–Trinajstić information content (AvgIpc) is 2.53. The number of sulfone groups is 1. The average molecular weight is 391 g/mol. The predicted octanol–water partition coefficient (Wildman–Crippen LogP) is 3.92. The fourth-order valence-corrected chi connectivity index (χ4v) is 3.25. The Balaban J connectivity index is 2.69. The van der Waals surface area contributed by atoms with Gasteiger partial charge < -0.3 is 9.47 Å². The largest absolute Gasteiger partial charge is 0.356 e. The highest BCUT2D eigenvalue weighted by atomic mass is 79.9. The summed E-state index contributed by atoms with van der Waals surface area (Å²) < 4.78 is 35.2. The van der Waals surface area contributed by atoms with Gasteiger partial charge in [-0.3, -0.25) is 0 Å². The molecule has 0 heterocycles. The number of unbranched alkanes of at least 4 members (excludes halogenated alkanes) is 1. The van der Waals surface area contributed by atoms with E-state index in [1.165, 1.54) is 5.41 Å². The maximum atomic E-state index is 12.2. The van der Waals surface area contributed by atoms with Gasteiger partial charge in [-0.1, -0.05) is 34.1 Å². The summed E-state index contributed by atoms with van der Waals surface area (Å²) in [5.74, 6) is 0. The van der Waals surface area contributed by atoms with Crippen molar-refractivity contribution in [3.05, 3.63) is 41.8 Å². The molecular formula is C16H23BrO4S. The zero-order chi connectivity index (χ0) is 16.3. The molecule has 124 valence electrons. The molecule has 1 aromatic carbocycles. The second-order valence-corrected chi connectivity index (χ2v) is 7.31. The first-order valence-corrected chi connectivity index (χ1v) is 10.0. The number of hydrogen-bond donors (Lipinski definition) is 0. The molecule has 6 heteroatoms. The van der Waals surface area contributed by atoms with Crippen LogP contribution in [0.25, 0.3) is 0 Å². The summed E-state index contributed by atoms with van der Waals surface area (Å²) in [5.41, 5.74) is 0. The lowest BCUT2D eigenvalue weighted by Gasteiger charge is -2.13. The van der Waals surface area contributed by atoms with E-state index >= 15 is 0 Å². The van der Waals surface area contributed by atoms with Crippen molar-refractivity contribution >= 4 is 25.8 Å². The minimum absolute atomic E-state index is 0.172. The molecule has 0 aliphatic rings. The van der Waals surface area contributed by atoms with Gasteiger partial charge in [0.25, 0.3) is 0 Å². The third-order valence-electron chi connectivity index (χ3n) is 2.99. The van der Waals surface area contributed by atoms with Crippen LogP contribution in [0, 0.1) is 0 Å². The third-order valence-corrected chi connectivity index (χ3v) is 4.99. The van der Waals surface area contributed by atoms with Gasteiger partial charge in [0, 0.05) is 17.3 Å². The first-order valence-electron chi connectivity index (χ1n) is 7.33. The highest BCUT2D eigenvalue weighted by Gasteiger charge is 2.12. The summed E-state index contributed by atoms with van der Waals surface area (Å²) in [7, 11) is -3.43. The molecule has 22 heavy (non-hydrogen) atoms. The lowest BCUT2D eigenvalue weighted by Crippen LogP contribution is -2.13. The zero-order valence-corrected chi connectivity index (χ0v) is 15.2. The molecule has 4 nitrogen and oxygen atoms in total. The van der Waals surface area contributed by atoms with Gasteiger partial charge in [-0.05, 0) is 44.4 Å². The number of alkyl halides is 1. The SMILES string of the molecule is CCOCOC(/C=C/S(=O)(=O)c1ccccc1)CCCCBr. The van der Waals surface area contributed by atoms with E-state index in [2.05, 4.69) is 15.9 Å². The van der Waals surface area contributed by atoms with Gasteiger partial charge in [-0.25, -0.2) is 8.42 Å². The molecule has 0 saturated carbocycles. The molecule has 1 aromatic rings. The normalized spacial score (nSPS) is 13.5. The second kappa shape index (κ2) is 10.9. The van der Waals surface area contributed by atoms with Crippen LogP contribution in [0.5, 0.6) is 0 Å². The number of benzene rings is 1. The van der Waals surface area contributed by atoms with E-state index in [4.69, 9.17) is 9.47 Å². The summed E-state index contributed by atoms with van der Waals surface area (Å²) in [6.45, 7) is 2.63. The molecule has 0 bridgehead atoms. The molecule has 0 radical (unpaired) electrons. The van der Waals surface area contributed by atoms with E-state index in [0.29, 0.717) is 6.61 Å². The van der Waals surface area contributed by atoms with Gasteiger partial charge in [0.1, 0.15) is 6.79 Å². The van der Waals surface area contributed by atoms with Crippen molar-refractivity contribution in [2.75, 3.05) is 18.7 Å². The smallest absolute Gasteiger partial charge is 0.199 e.